The fourth-order valence-electron chi connectivity index (χ4n) is 13.6. The molecule has 0 bridgehead atoms. The summed E-state index contributed by atoms with van der Waals surface area (Å²) < 4.78 is 0. The molecular weight excluding hydrogens is 1850 g/mol. The Morgan fingerprint density at radius 2 is 0.568 bits per heavy atom. The molecule has 1 saturated heterocycles. The molecule has 16 amide bonds. The van der Waals surface area contributed by atoms with Crippen LogP contribution in [-0.2, 0) is 139 Å². The normalized spacial score (nSPS) is 15.3. The number of aliphatic carboxylic acids is 9. The van der Waals surface area contributed by atoms with Crippen molar-refractivity contribution in [2.75, 3.05) is 6.54 Å². The lowest BCUT2D eigenvalue weighted by Gasteiger charge is -2.31. The number of carboxylic acid groups (broad SMARTS) is 9. The SMILES string of the molecule is CC(C)C[C@H](NC(=O)[C@H](CCC(=O)O)NC(=O)[C@H](CC(=O)O)NC(=O)[C@H](Cc1ccc(O)cc1)NC(=O)[C@H](CCC(=O)O)NC(=O)[C@H](Cc1ccc(O)cc1)NC(=O)[C@H](CC(=O)O)NC(=O)[C@H](CCC(=O)O)NC(=O)[C@H](Cc1ccc(O)cc1)NC(=O)[C@H](CC(=O)O)NC(=O)[C@H](CCC(=O)O)NC(=O)[C@H](CC(N)=O)NC(=O)[C@H](C)NC(=O)[C@@H](N)CCC(=O)O)C(=O)N1CCC[C@H]1C(=O)N[C@@H](C)C(=O)O. The van der Waals surface area contributed by atoms with E-state index < -0.39 is 354 Å². The summed E-state index contributed by atoms with van der Waals surface area (Å²) in [5.74, 6) is -38.0. The Morgan fingerprint density at radius 3 is 0.849 bits per heavy atom. The smallest absolute Gasteiger partial charge is 0.325 e. The van der Waals surface area contributed by atoms with Crippen molar-refractivity contribution in [1.82, 2.24) is 79.3 Å². The van der Waals surface area contributed by atoms with Gasteiger partial charge in [-0.3, -0.25) is 120 Å². The van der Waals surface area contributed by atoms with E-state index in [1.165, 1.54) is 43.3 Å². The van der Waals surface area contributed by atoms with E-state index in [2.05, 4.69) is 63.8 Å². The molecule has 0 unspecified atom stereocenters. The topological polar surface area (TPSA) is 893 Å². The number of phenols is 3. The van der Waals surface area contributed by atoms with Crippen molar-refractivity contribution < 1.29 is 181 Å². The van der Waals surface area contributed by atoms with Crippen LogP contribution in [0.25, 0.3) is 0 Å². The van der Waals surface area contributed by atoms with Crippen LogP contribution in [0.5, 0.6) is 17.2 Å². The highest BCUT2D eigenvalue weighted by Gasteiger charge is 2.43. The Labute approximate surface area is 789 Å². The maximum Gasteiger partial charge on any atom is 0.325 e. The van der Waals surface area contributed by atoms with Crippen LogP contribution in [0.15, 0.2) is 72.8 Å². The standard InChI is InChI=1S/C85H113N17O37/c1-38(2)30-59(84(137)102-29-5-6-60(102)83(136)89-40(4)85(138)139)101-75(128)51(23-28-66(115)116)93-80(133)56(35-67(117)118)100-78(131)54(33-43-11-17-46(105)18-12-43)95-72(125)48(20-25-63(109)110)90-76(129)52(31-41-7-13-44(103)14-8-41)96-81(134)57(36-68(119)120)98-73(126)49(21-26-64(111)112)91-77(130)53(32-42-9-15-45(104)16-10-42)97-82(135)58(37-69(121)122)99-74(127)50(22-27-65(113)114)92-79(132)55(34-61(87)106)94-70(123)39(3)88-71(124)47(86)19-24-62(107)108/h7-18,38-40,47-60,103-105H,5-6,19-37,86H2,1-4H3,(H2,87,106)(H,88,124)(H,89,136)(H,90,129)(H,91,130)(H,92,132)(H,93,133)(H,94,123)(H,95,125)(H,96,134)(H,97,135)(H,98,126)(H,99,127)(H,100,131)(H,101,128)(H,107,108)(H,109,110)(H,111,112)(H,113,114)(H,115,116)(H,117,118)(H,119,120)(H,121,122)(H,138,139)/t39-,40-,47-,48-,49-,50-,51-,52-,53-,54-,55-,56-,57-,58-,59-,60-/m0/s1. The molecule has 0 aliphatic carbocycles. The molecule has 3 aromatic carbocycles. The van der Waals surface area contributed by atoms with Crippen LogP contribution < -0.4 is 85.9 Å². The average Bonchev–Trinajstić information content (AvgIpc) is 1.81. The summed E-state index contributed by atoms with van der Waals surface area (Å²) in [4.78, 5) is 335. The first-order valence-corrected chi connectivity index (χ1v) is 43.0. The van der Waals surface area contributed by atoms with Gasteiger partial charge >= 0.3 is 53.7 Å². The molecular formula is C85H113N17O37. The highest BCUT2D eigenvalue weighted by molar-refractivity contribution is 6.03. The fraction of sp³-hybridized carbons (Fsp3) is 0.494. The Hall–Kier alpha value is -16.2. The monoisotopic (exact) mass is 1960 g/mol. The third-order valence-corrected chi connectivity index (χ3v) is 20.9. The highest BCUT2D eigenvalue weighted by atomic mass is 16.4. The first-order chi connectivity index (χ1) is 65.1. The molecule has 0 saturated carbocycles. The predicted molar refractivity (Wildman–Crippen MR) is 469 cm³/mol. The van der Waals surface area contributed by atoms with Crippen molar-refractivity contribution >= 4 is 148 Å². The molecule has 1 aliphatic rings. The predicted octanol–water partition coefficient (Wildman–Crippen LogP) is -7.27. The number of benzene rings is 3. The Bertz CT molecular complexity index is 5000. The number of rotatable bonds is 61. The third-order valence-electron chi connectivity index (χ3n) is 20.9. The number of carbonyl (C=O) groups is 25. The molecule has 0 spiro atoms. The van der Waals surface area contributed by atoms with Crippen LogP contribution >= 0.6 is 0 Å². The van der Waals surface area contributed by atoms with Crippen LogP contribution in [0.4, 0.5) is 0 Å². The lowest BCUT2D eigenvalue weighted by Crippen LogP contribution is -2.61. The quantitative estimate of drug-likeness (QED) is 0.0250. The first-order valence-electron chi connectivity index (χ1n) is 43.0. The summed E-state index contributed by atoms with van der Waals surface area (Å²) in [5.41, 5.74) is 11.2. The van der Waals surface area contributed by atoms with Gasteiger partial charge < -0.3 is 152 Å². The van der Waals surface area contributed by atoms with E-state index in [4.69, 9.17) is 16.6 Å². The second-order valence-electron chi connectivity index (χ2n) is 32.7. The number of phenolic OH excluding ortho intramolecular Hbond substituents is 3. The molecule has 16 atom stereocenters. The molecule has 1 heterocycles. The zero-order valence-corrected chi connectivity index (χ0v) is 75.3. The summed E-state index contributed by atoms with van der Waals surface area (Å²) in [6.07, 6.45) is -15.8. The number of primary amides is 1. The van der Waals surface area contributed by atoms with Crippen molar-refractivity contribution in [3.63, 3.8) is 0 Å². The number of hydrogen-bond acceptors (Lipinski definition) is 29. The summed E-state index contributed by atoms with van der Waals surface area (Å²) in [7, 11) is 0. The van der Waals surface area contributed by atoms with Crippen molar-refractivity contribution in [1.29, 1.82) is 0 Å². The van der Waals surface area contributed by atoms with E-state index in [-0.39, 0.29) is 66.2 Å². The van der Waals surface area contributed by atoms with Gasteiger partial charge in [0.25, 0.3) is 0 Å². The summed E-state index contributed by atoms with van der Waals surface area (Å²) in [6.45, 7) is 5.48. The number of hydrogen-bond donors (Lipinski definition) is 28. The van der Waals surface area contributed by atoms with Crippen molar-refractivity contribution in [3.05, 3.63) is 89.5 Å². The van der Waals surface area contributed by atoms with E-state index in [9.17, 15) is 176 Å². The van der Waals surface area contributed by atoms with Gasteiger partial charge in [-0.05, 0) is 124 Å². The fourth-order valence-corrected chi connectivity index (χ4v) is 13.6. The number of nitrogens with one attached hydrogen (secondary N) is 14. The molecule has 0 radical (unpaired) electrons. The van der Waals surface area contributed by atoms with E-state index in [0.29, 0.717) is 0 Å². The summed E-state index contributed by atoms with van der Waals surface area (Å²) in [5, 5.41) is 149. The second-order valence-corrected chi connectivity index (χ2v) is 32.7. The molecule has 54 nitrogen and oxygen atoms in total. The lowest BCUT2D eigenvalue weighted by atomic mass is 10.0. The van der Waals surface area contributed by atoms with Gasteiger partial charge in [0.15, 0.2) is 0 Å². The number of carbonyl (C=O) groups excluding carboxylic acids is 16. The molecule has 30 N–H and O–H groups in total. The number of amides is 16. The van der Waals surface area contributed by atoms with Gasteiger partial charge in [0, 0.05) is 57.9 Å². The zero-order valence-electron chi connectivity index (χ0n) is 75.3. The molecule has 1 aliphatic heterocycles. The maximum atomic E-state index is 14.9. The second kappa shape index (κ2) is 56.2. The summed E-state index contributed by atoms with van der Waals surface area (Å²) >= 11 is 0. The minimum absolute atomic E-state index is 0.0220. The Morgan fingerprint density at radius 1 is 0.309 bits per heavy atom. The minimum atomic E-state index is -2.43. The lowest BCUT2D eigenvalue weighted by molar-refractivity contribution is -0.145. The van der Waals surface area contributed by atoms with Crippen LogP contribution in [-0.4, -0.2) is 318 Å². The van der Waals surface area contributed by atoms with Crippen molar-refractivity contribution in [2.24, 2.45) is 17.4 Å². The molecule has 3 aromatic rings. The summed E-state index contributed by atoms with van der Waals surface area (Å²) in [6, 6.07) is -17.5. The maximum absolute atomic E-state index is 14.9. The van der Waals surface area contributed by atoms with Gasteiger partial charge in [0.1, 0.15) is 108 Å². The molecule has 1 fully saturated rings. The van der Waals surface area contributed by atoms with E-state index in [1.54, 1.807) is 13.8 Å². The van der Waals surface area contributed by atoms with Gasteiger partial charge in [-0.15, -0.1) is 0 Å². The van der Waals surface area contributed by atoms with E-state index >= 15 is 0 Å². The van der Waals surface area contributed by atoms with Crippen molar-refractivity contribution in [3.8, 4) is 17.2 Å². The number of aromatic hydroxyl groups is 3. The molecule has 0 aromatic heterocycles. The van der Waals surface area contributed by atoms with Crippen LogP contribution in [0, 0.1) is 5.92 Å². The molecule has 54 heteroatoms. The van der Waals surface area contributed by atoms with Crippen LogP contribution in [0.1, 0.15) is 154 Å². The van der Waals surface area contributed by atoms with Gasteiger partial charge in [0.2, 0.25) is 94.5 Å². The largest absolute Gasteiger partial charge is 0.508 e. The van der Waals surface area contributed by atoms with E-state index in [0.717, 1.165) is 48.2 Å². The van der Waals surface area contributed by atoms with Gasteiger partial charge in [-0.1, -0.05) is 50.2 Å². The van der Waals surface area contributed by atoms with Gasteiger partial charge in [-0.25, -0.2) is 0 Å². The molecule has 139 heavy (non-hydrogen) atoms. The molecule has 760 valence electrons. The van der Waals surface area contributed by atoms with Crippen LogP contribution in [0.2, 0.25) is 0 Å². The highest BCUT2D eigenvalue weighted by Crippen LogP contribution is 2.23. The number of likely N-dealkylation sites (tertiary alicyclic amines) is 1. The minimum Gasteiger partial charge on any atom is -0.508 e. The van der Waals surface area contributed by atoms with Gasteiger partial charge in [0.05, 0.1) is 31.7 Å². The molecule has 4 rings (SSSR count). The number of nitrogens with zero attached hydrogens (tertiary/aromatic N) is 1. The first kappa shape index (κ1) is 115. The van der Waals surface area contributed by atoms with Crippen LogP contribution in [0.3, 0.4) is 0 Å². The third kappa shape index (κ3) is 41.7. The number of nitrogens with two attached hydrogens (primary N) is 2. The van der Waals surface area contributed by atoms with E-state index in [1.807, 2.05) is 10.6 Å². The number of carboxylic acids is 9. The Balaban J connectivity index is 1.74. The average molecular weight is 1960 g/mol. The van der Waals surface area contributed by atoms with Crippen molar-refractivity contribution in [2.45, 2.75) is 253 Å². The van der Waals surface area contributed by atoms with Gasteiger partial charge in [-0.2, -0.15) is 0 Å². The zero-order chi connectivity index (χ0) is 105. The Kier molecular flexibility index (Phi) is 46.5.